The van der Waals surface area contributed by atoms with Gasteiger partial charge in [-0.3, -0.25) is 0 Å². The lowest BCUT2D eigenvalue weighted by Crippen LogP contribution is -2.07. The van der Waals surface area contributed by atoms with Crippen LogP contribution in [-0.2, 0) is 6.42 Å². The molecule has 0 aliphatic heterocycles. The van der Waals surface area contributed by atoms with E-state index >= 15 is 0 Å². The van der Waals surface area contributed by atoms with Gasteiger partial charge in [-0.25, -0.2) is 0 Å². The molecular weight excluding hydrogens is 192 g/mol. The molecule has 15 heavy (non-hydrogen) atoms. The maximum Gasteiger partial charge on any atom is 0.160 e. The standard InChI is InChI=1S/C12H16O3/c1-15-11-8-9(2-3-10(11)13)4-5-12(14)6-7-12/h2-3,8,13-14H,4-7H2,1H3. The summed E-state index contributed by atoms with van der Waals surface area (Å²) < 4.78 is 5.02. The summed E-state index contributed by atoms with van der Waals surface area (Å²) in [6.45, 7) is 0. The number of hydrogen-bond donors (Lipinski definition) is 2. The zero-order valence-corrected chi connectivity index (χ0v) is 8.86. The Labute approximate surface area is 89.3 Å². The van der Waals surface area contributed by atoms with E-state index < -0.39 is 5.60 Å². The number of benzene rings is 1. The summed E-state index contributed by atoms with van der Waals surface area (Å²) in [5, 5.41) is 19.1. The molecule has 82 valence electrons. The number of aromatic hydroxyl groups is 1. The summed E-state index contributed by atoms with van der Waals surface area (Å²) >= 11 is 0. The number of aliphatic hydroxyl groups is 1. The zero-order chi connectivity index (χ0) is 10.9. The molecule has 3 nitrogen and oxygen atoms in total. The normalized spacial score (nSPS) is 17.5. The summed E-state index contributed by atoms with van der Waals surface area (Å²) in [5.41, 5.74) is 0.676. The zero-order valence-electron chi connectivity index (χ0n) is 8.86. The molecule has 0 amide bonds. The van der Waals surface area contributed by atoms with Crippen LogP contribution in [0.15, 0.2) is 18.2 Å². The predicted molar refractivity (Wildman–Crippen MR) is 57.2 cm³/mol. The lowest BCUT2D eigenvalue weighted by molar-refractivity contribution is 0.140. The highest BCUT2D eigenvalue weighted by molar-refractivity contribution is 5.41. The van der Waals surface area contributed by atoms with Gasteiger partial charge in [0.1, 0.15) is 0 Å². The first-order valence-electron chi connectivity index (χ1n) is 5.21. The SMILES string of the molecule is COc1cc(CCC2(O)CC2)ccc1O. The van der Waals surface area contributed by atoms with Crippen molar-refractivity contribution < 1.29 is 14.9 Å². The molecule has 1 aromatic carbocycles. The fraction of sp³-hybridized carbons (Fsp3) is 0.500. The lowest BCUT2D eigenvalue weighted by Gasteiger charge is -2.09. The Morgan fingerprint density at radius 1 is 1.40 bits per heavy atom. The van der Waals surface area contributed by atoms with E-state index in [9.17, 15) is 10.2 Å². The minimum absolute atomic E-state index is 0.159. The topological polar surface area (TPSA) is 49.7 Å². The molecule has 1 aliphatic rings. The second-order valence-electron chi connectivity index (χ2n) is 4.23. The van der Waals surface area contributed by atoms with Gasteiger partial charge in [-0.15, -0.1) is 0 Å². The fourth-order valence-electron chi connectivity index (χ4n) is 1.65. The molecule has 0 radical (unpaired) electrons. The van der Waals surface area contributed by atoms with Crippen molar-refractivity contribution in [1.29, 1.82) is 0 Å². The molecule has 3 heteroatoms. The number of aryl methyl sites for hydroxylation is 1. The smallest absolute Gasteiger partial charge is 0.160 e. The Kier molecular flexibility index (Phi) is 2.57. The molecule has 0 bridgehead atoms. The van der Waals surface area contributed by atoms with Gasteiger partial charge in [0.05, 0.1) is 12.7 Å². The fourth-order valence-corrected chi connectivity index (χ4v) is 1.65. The molecule has 0 saturated heterocycles. The largest absolute Gasteiger partial charge is 0.504 e. The van der Waals surface area contributed by atoms with E-state index in [0.29, 0.717) is 5.75 Å². The minimum Gasteiger partial charge on any atom is -0.504 e. The van der Waals surface area contributed by atoms with E-state index in [1.807, 2.05) is 12.1 Å². The quantitative estimate of drug-likeness (QED) is 0.794. The van der Waals surface area contributed by atoms with E-state index in [1.165, 1.54) is 7.11 Å². The maximum absolute atomic E-state index is 9.69. The Bertz CT molecular complexity index is 356. The Balaban J connectivity index is 2.01. The van der Waals surface area contributed by atoms with Gasteiger partial charge in [-0.2, -0.15) is 0 Å². The van der Waals surface area contributed by atoms with Crippen molar-refractivity contribution in [2.24, 2.45) is 0 Å². The van der Waals surface area contributed by atoms with Gasteiger partial charge >= 0.3 is 0 Å². The highest BCUT2D eigenvalue weighted by atomic mass is 16.5. The molecule has 0 aromatic heterocycles. The van der Waals surface area contributed by atoms with Crippen molar-refractivity contribution in [3.8, 4) is 11.5 Å². The summed E-state index contributed by atoms with van der Waals surface area (Å²) in [6, 6.07) is 5.32. The first-order valence-corrected chi connectivity index (χ1v) is 5.21. The first kappa shape index (κ1) is 10.3. The van der Waals surface area contributed by atoms with Gasteiger partial charge < -0.3 is 14.9 Å². The average molecular weight is 208 g/mol. The highest BCUT2D eigenvalue weighted by Gasteiger charge is 2.39. The minimum atomic E-state index is -0.412. The molecule has 0 unspecified atom stereocenters. The van der Waals surface area contributed by atoms with Crippen LogP contribution in [0, 0.1) is 0 Å². The van der Waals surface area contributed by atoms with Crippen molar-refractivity contribution in [1.82, 2.24) is 0 Å². The number of phenols is 1. The number of hydrogen-bond acceptors (Lipinski definition) is 3. The van der Waals surface area contributed by atoms with E-state index in [0.717, 1.165) is 31.2 Å². The van der Waals surface area contributed by atoms with Gasteiger partial charge in [-0.1, -0.05) is 6.07 Å². The Hall–Kier alpha value is -1.22. The summed E-state index contributed by atoms with van der Waals surface area (Å²) in [7, 11) is 1.53. The molecule has 0 atom stereocenters. The number of rotatable bonds is 4. The third-order valence-electron chi connectivity index (χ3n) is 2.95. The predicted octanol–water partition coefficient (Wildman–Crippen LogP) is 1.86. The maximum atomic E-state index is 9.69. The van der Waals surface area contributed by atoms with Gasteiger partial charge in [0.25, 0.3) is 0 Å². The van der Waals surface area contributed by atoms with Gasteiger partial charge in [0.15, 0.2) is 11.5 Å². The first-order chi connectivity index (χ1) is 7.13. The van der Waals surface area contributed by atoms with Crippen LogP contribution in [0.2, 0.25) is 0 Å². The van der Waals surface area contributed by atoms with Gasteiger partial charge in [-0.05, 0) is 43.4 Å². The Morgan fingerprint density at radius 3 is 2.73 bits per heavy atom. The van der Waals surface area contributed by atoms with Gasteiger partial charge in [0, 0.05) is 0 Å². The number of methoxy groups -OCH3 is 1. The van der Waals surface area contributed by atoms with E-state index in [-0.39, 0.29) is 5.75 Å². The van der Waals surface area contributed by atoms with Crippen LogP contribution in [0.25, 0.3) is 0 Å². The van der Waals surface area contributed by atoms with Crippen LogP contribution >= 0.6 is 0 Å². The lowest BCUT2D eigenvalue weighted by atomic mass is 10.1. The van der Waals surface area contributed by atoms with Crippen LogP contribution in [-0.4, -0.2) is 22.9 Å². The summed E-state index contributed by atoms with van der Waals surface area (Å²) in [6.07, 6.45) is 3.46. The van der Waals surface area contributed by atoms with Crippen LogP contribution in [0.4, 0.5) is 0 Å². The van der Waals surface area contributed by atoms with Crippen LogP contribution < -0.4 is 4.74 Å². The van der Waals surface area contributed by atoms with E-state index in [2.05, 4.69) is 0 Å². The number of phenolic OH excluding ortho intramolecular Hbond substituents is 1. The van der Waals surface area contributed by atoms with Crippen molar-refractivity contribution in [2.45, 2.75) is 31.3 Å². The van der Waals surface area contributed by atoms with Crippen LogP contribution in [0.3, 0.4) is 0 Å². The van der Waals surface area contributed by atoms with Gasteiger partial charge in [0.2, 0.25) is 0 Å². The summed E-state index contributed by atoms with van der Waals surface area (Å²) in [5.74, 6) is 0.654. The molecule has 2 rings (SSSR count). The second kappa shape index (κ2) is 3.74. The molecule has 2 N–H and O–H groups in total. The highest BCUT2D eigenvalue weighted by Crippen LogP contribution is 2.39. The Morgan fingerprint density at radius 2 is 2.13 bits per heavy atom. The average Bonchev–Trinajstić information content (AvgIpc) is 2.96. The molecule has 1 aromatic rings. The monoisotopic (exact) mass is 208 g/mol. The van der Waals surface area contributed by atoms with E-state index in [4.69, 9.17) is 4.74 Å². The van der Waals surface area contributed by atoms with Crippen molar-refractivity contribution in [2.75, 3.05) is 7.11 Å². The molecule has 0 heterocycles. The summed E-state index contributed by atoms with van der Waals surface area (Å²) in [4.78, 5) is 0. The van der Waals surface area contributed by atoms with E-state index in [1.54, 1.807) is 6.07 Å². The van der Waals surface area contributed by atoms with Crippen molar-refractivity contribution in [3.05, 3.63) is 23.8 Å². The number of ether oxygens (including phenoxy) is 1. The van der Waals surface area contributed by atoms with Crippen molar-refractivity contribution >= 4 is 0 Å². The molecule has 1 fully saturated rings. The second-order valence-corrected chi connectivity index (χ2v) is 4.23. The molecule has 0 spiro atoms. The van der Waals surface area contributed by atoms with Crippen LogP contribution in [0.5, 0.6) is 11.5 Å². The third-order valence-corrected chi connectivity index (χ3v) is 2.95. The third kappa shape index (κ3) is 2.42. The molecular formula is C12H16O3. The van der Waals surface area contributed by atoms with Crippen LogP contribution in [0.1, 0.15) is 24.8 Å². The molecule has 1 saturated carbocycles. The van der Waals surface area contributed by atoms with Crippen molar-refractivity contribution in [3.63, 3.8) is 0 Å². The molecule has 1 aliphatic carbocycles.